The van der Waals surface area contributed by atoms with Gasteiger partial charge in [0.2, 0.25) is 5.91 Å². The van der Waals surface area contributed by atoms with E-state index in [1.807, 2.05) is 42.5 Å². The minimum absolute atomic E-state index is 0.247. The van der Waals surface area contributed by atoms with Gasteiger partial charge in [0.15, 0.2) is 5.75 Å². The zero-order valence-corrected chi connectivity index (χ0v) is 16.9. The minimum Gasteiger partial charge on any atom is -0.497 e. The molecule has 1 atom stereocenters. The second-order valence-corrected chi connectivity index (χ2v) is 9.36. The van der Waals surface area contributed by atoms with E-state index in [0.29, 0.717) is 28.2 Å². The lowest BCUT2D eigenvalue weighted by atomic mass is 10.1. The smallest absolute Gasteiger partial charge is 0.254 e. The highest BCUT2D eigenvalue weighted by atomic mass is 31.2. The van der Waals surface area contributed by atoms with E-state index in [4.69, 9.17) is 13.7 Å². The van der Waals surface area contributed by atoms with Crippen LogP contribution < -0.4 is 14.6 Å². The van der Waals surface area contributed by atoms with Gasteiger partial charge in [-0.25, -0.2) is 0 Å². The number of fused-ring (bicyclic) bond motifs is 2. The molecule has 1 unspecified atom stereocenters. The van der Waals surface area contributed by atoms with Crippen molar-refractivity contribution in [2.45, 2.75) is 0 Å². The van der Waals surface area contributed by atoms with Crippen LogP contribution in [0, 0.1) is 0 Å². The molecule has 1 aromatic heterocycles. The highest BCUT2D eigenvalue weighted by Crippen LogP contribution is 2.46. The van der Waals surface area contributed by atoms with Gasteiger partial charge in [0.05, 0.1) is 12.5 Å². The predicted molar refractivity (Wildman–Crippen MR) is 114 cm³/mol. The summed E-state index contributed by atoms with van der Waals surface area (Å²) in [7, 11) is -1.68. The highest BCUT2D eigenvalue weighted by molar-refractivity contribution is 7.59. The van der Waals surface area contributed by atoms with Crippen molar-refractivity contribution < 1.29 is 23.0 Å². The monoisotopic (exact) mass is 409 g/mol. The lowest BCUT2D eigenvalue weighted by Crippen LogP contribution is -2.17. The average Bonchev–Trinajstić information content (AvgIpc) is 3.08. The number of furan rings is 1. The fourth-order valence-corrected chi connectivity index (χ4v) is 4.37. The van der Waals surface area contributed by atoms with Crippen molar-refractivity contribution in [2.24, 2.45) is 0 Å². The Morgan fingerprint density at radius 3 is 2.66 bits per heavy atom. The molecule has 0 aliphatic heterocycles. The summed E-state index contributed by atoms with van der Waals surface area (Å²) >= 11 is 0. The van der Waals surface area contributed by atoms with E-state index in [0.717, 1.165) is 10.8 Å². The molecule has 148 valence electrons. The first-order valence-corrected chi connectivity index (χ1v) is 11.3. The summed E-state index contributed by atoms with van der Waals surface area (Å²) in [6.45, 7) is 1.44. The van der Waals surface area contributed by atoms with E-state index < -0.39 is 7.37 Å². The molecule has 6 nitrogen and oxygen atoms in total. The van der Waals surface area contributed by atoms with E-state index in [2.05, 4.69) is 5.32 Å². The molecule has 0 aliphatic carbocycles. The second kappa shape index (κ2) is 7.64. The van der Waals surface area contributed by atoms with Crippen LogP contribution in [-0.2, 0) is 9.36 Å². The number of benzene rings is 3. The Bertz CT molecular complexity index is 1250. The molecule has 0 radical (unpaired) electrons. The normalized spacial score (nSPS) is 13.2. The zero-order valence-electron chi connectivity index (χ0n) is 16.0. The number of methoxy groups -OCH3 is 1. The number of anilines is 1. The van der Waals surface area contributed by atoms with Crippen molar-refractivity contribution in [3.8, 4) is 11.5 Å². The van der Waals surface area contributed by atoms with Crippen molar-refractivity contribution in [1.82, 2.24) is 0 Å². The lowest BCUT2D eigenvalue weighted by molar-refractivity contribution is -0.114. The quantitative estimate of drug-likeness (QED) is 0.424. The topological polar surface area (TPSA) is 77.8 Å². The average molecular weight is 409 g/mol. The van der Waals surface area contributed by atoms with Gasteiger partial charge in [-0.3, -0.25) is 9.36 Å². The number of nitrogens with one attached hydrogen (secondary N) is 1. The molecule has 1 N–H and O–H groups in total. The van der Waals surface area contributed by atoms with Crippen LogP contribution in [0.3, 0.4) is 0 Å². The number of hydrogen-bond donors (Lipinski definition) is 1. The highest BCUT2D eigenvalue weighted by Gasteiger charge is 2.24. The minimum atomic E-state index is -3.25. The van der Waals surface area contributed by atoms with Crippen LogP contribution in [0.15, 0.2) is 71.3 Å². The third-order valence-corrected chi connectivity index (χ3v) is 5.95. The van der Waals surface area contributed by atoms with Gasteiger partial charge >= 0.3 is 0 Å². The number of hydrogen-bond acceptors (Lipinski definition) is 5. The molecule has 29 heavy (non-hydrogen) atoms. The molecule has 0 aliphatic rings. The molecular formula is C22H20NO5P. The van der Waals surface area contributed by atoms with Crippen LogP contribution in [0.25, 0.3) is 21.7 Å². The van der Waals surface area contributed by atoms with Crippen molar-refractivity contribution in [3.05, 3.63) is 66.9 Å². The Hall–Kier alpha value is -3.24. The van der Waals surface area contributed by atoms with Gasteiger partial charge in [0, 0.05) is 18.4 Å². The fraction of sp³-hybridized carbons (Fsp3) is 0.136. The van der Waals surface area contributed by atoms with E-state index in [1.54, 1.807) is 25.3 Å². The second-order valence-electron chi connectivity index (χ2n) is 6.84. The molecular weight excluding hydrogens is 389 g/mol. The van der Waals surface area contributed by atoms with Gasteiger partial charge in [-0.05, 0) is 35.0 Å². The number of amides is 1. The van der Waals surface area contributed by atoms with Crippen molar-refractivity contribution >= 4 is 40.7 Å². The summed E-state index contributed by atoms with van der Waals surface area (Å²) in [5.74, 6) is 0.611. The molecule has 3 aromatic carbocycles. The lowest BCUT2D eigenvalue weighted by Gasteiger charge is -2.14. The molecule has 0 spiro atoms. The van der Waals surface area contributed by atoms with E-state index in [9.17, 15) is 9.36 Å². The van der Waals surface area contributed by atoms with Crippen LogP contribution in [-0.4, -0.2) is 25.8 Å². The zero-order chi connectivity index (χ0) is 20.4. The summed E-state index contributed by atoms with van der Waals surface area (Å²) in [6.07, 6.45) is 1.14. The Morgan fingerprint density at radius 2 is 1.86 bits per heavy atom. The van der Waals surface area contributed by atoms with E-state index in [-0.39, 0.29) is 12.1 Å². The maximum atomic E-state index is 12.9. The summed E-state index contributed by atoms with van der Waals surface area (Å²) in [6, 6.07) is 18.7. The molecule has 1 amide bonds. The van der Waals surface area contributed by atoms with Gasteiger partial charge in [0.25, 0.3) is 7.37 Å². The molecule has 4 rings (SSSR count). The molecule has 7 heteroatoms. The molecule has 0 saturated heterocycles. The van der Waals surface area contributed by atoms with Gasteiger partial charge in [-0.15, -0.1) is 0 Å². The number of carbonyl (C=O) groups excluding carboxylic acids is 1. The summed E-state index contributed by atoms with van der Waals surface area (Å²) in [5.41, 5.74) is 1.20. The van der Waals surface area contributed by atoms with Crippen LogP contribution in [0.1, 0.15) is 0 Å². The van der Waals surface area contributed by atoms with Gasteiger partial charge in [-0.1, -0.05) is 30.3 Å². The summed E-state index contributed by atoms with van der Waals surface area (Å²) in [5, 5.41) is 5.56. The van der Waals surface area contributed by atoms with Gasteiger partial charge < -0.3 is 19.0 Å². The Kier molecular flexibility index (Phi) is 5.03. The maximum Gasteiger partial charge on any atom is 0.254 e. The largest absolute Gasteiger partial charge is 0.497 e. The molecule has 0 fully saturated rings. The number of ether oxygens (including phenoxy) is 1. The SMILES string of the molecule is COc1ccc2c(OP(C)(=O)CC(=O)Nc3ccc4ccccc4c3)coc2c1. The first kappa shape index (κ1) is 19.1. The standard InChI is InChI=1S/C22H20NO5P/c1-26-18-9-10-19-20(12-18)27-13-21(19)28-29(2,25)14-22(24)23-17-8-7-15-5-3-4-6-16(15)11-17/h3-13H,14H2,1-2H3,(H,23,24). The Morgan fingerprint density at radius 1 is 1.07 bits per heavy atom. The van der Waals surface area contributed by atoms with Crippen molar-refractivity contribution in [3.63, 3.8) is 0 Å². The summed E-state index contributed by atoms with van der Waals surface area (Å²) < 4.78 is 29.2. The fourth-order valence-electron chi connectivity index (χ4n) is 3.15. The van der Waals surface area contributed by atoms with Gasteiger partial charge in [0.1, 0.15) is 23.8 Å². The number of rotatable bonds is 6. The molecule has 0 saturated carbocycles. The summed E-state index contributed by atoms with van der Waals surface area (Å²) in [4.78, 5) is 12.4. The third kappa shape index (κ3) is 4.28. The van der Waals surface area contributed by atoms with Crippen LogP contribution in [0.4, 0.5) is 5.69 Å². The molecule has 4 aromatic rings. The van der Waals surface area contributed by atoms with E-state index >= 15 is 0 Å². The third-order valence-electron chi connectivity index (χ3n) is 4.50. The van der Waals surface area contributed by atoms with Crippen molar-refractivity contribution in [1.29, 1.82) is 0 Å². The van der Waals surface area contributed by atoms with Gasteiger partial charge in [-0.2, -0.15) is 0 Å². The molecule has 0 bridgehead atoms. The molecule has 1 heterocycles. The maximum absolute atomic E-state index is 12.9. The van der Waals surface area contributed by atoms with Crippen LogP contribution in [0.5, 0.6) is 11.5 Å². The Labute approximate surface area is 167 Å². The number of carbonyl (C=O) groups is 1. The van der Waals surface area contributed by atoms with Crippen molar-refractivity contribution in [2.75, 3.05) is 25.3 Å². The Balaban J connectivity index is 1.46. The van der Waals surface area contributed by atoms with Crippen LogP contribution in [0.2, 0.25) is 0 Å². The van der Waals surface area contributed by atoms with E-state index in [1.165, 1.54) is 12.9 Å². The first-order valence-electron chi connectivity index (χ1n) is 9.03. The predicted octanol–water partition coefficient (Wildman–Crippen LogP) is 5.52. The van der Waals surface area contributed by atoms with Crippen LogP contribution >= 0.6 is 7.37 Å². The first-order chi connectivity index (χ1) is 13.9.